The van der Waals surface area contributed by atoms with Crippen LogP contribution in [0.15, 0.2) is 73.1 Å². The quantitative estimate of drug-likeness (QED) is 0.546. The fourth-order valence-corrected chi connectivity index (χ4v) is 2.48. The molecule has 0 aliphatic rings. The van der Waals surface area contributed by atoms with Gasteiger partial charge in [0.05, 0.1) is 0 Å². The van der Waals surface area contributed by atoms with Crippen molar-refractivity contribution in [2.75, 3.05) is 16.0 Å². The first-order chi connectivity index (χ1) is 14.0. The number of urea groups is 1. The summed E-state index contributed by atoms with van der Waals surface area (Å²) < 4.78 is 12.9. The van der Waals surface area contributed by atoms with Gasteiger partial charge in [-0.3, -0.25) is 9.78 Å². The molecule has 0 atom stereocenters. The molecule has 6 nitrogen and oxygen atoms in total. The molecule has 3 N–H and O–H groups in total. The van der Waals surface area contributed by atoms with Crippen molar-refractivity contribution < 1.29 is 14.0 Å². The molecule has 1 aromatic heterocycles. The molecule has 3 rings (SSSR count). The molecule has 7 heteroatoms. The summed E-state index contributed by atoms with van der Waals surface area (Å²) in [5.41, 5.74) is 3.20. The van der Waals surface area contributed by atoms with Gasteiger partial charge in [0.2, 0.25) is 5.91 Å². The number of amides is 3. The molecule has 29 heavy (non-hydrogen) atoms. The predicted molar refractivity (Wildman–Crippen MR) is 112 cm³/mol. The number of rotatable bonds is 5. The molecule has 2 aromatic carbocycles. The van der Waals surface area contributed by atoms with E-state index in [4.69, 9.17) is 0 Å². The van der Waals surface area contributed by atoms with Gasteiger partial charge in [-0.05, 0) is 66.6 Å². The van der Waals surface area contributed by atoms with Crippen molar-refractivity contribution in [3.8, 4) is 0 Å². The van der Waals surface area contributed by atoms with Gasteiger partial charge < -0.3 is 16.0 Å². The predicted octanol–water partition coefficient (Wildman–Crippen LogP) is 4.83. The number of hydrogen-bond donors (Lipinski definition) is 3. The zero-order valence-corrected chi connectivity index (χ0v) is 15.6. The van der Waals surface area contributed by atoms with E-state index < -0.39 is 6.03 Å². The van der Waals surface area contributed by atoms with Crippen molar-refractivity contribution in [3.05, 3.63) is 90.0 Å². The van der Waals surface area contributed by atoms with E-state index in [1.807, 2.05) is 13.0 Å². The first-order valence-corrected chi connectivity index (χ1v) is 8.83. The standard InChI is InChI=1S/C22H19FN4O2/c1-15-4-8-19(26-22(29)25-18-9-6-17(23)7-10-18)13-20(15)27-21(28)11-5-16-3-2-12-24-14-16/h2-14H,1H3,(H,27,28)(H2,25,26,29). The number of benzene rings is 2. The number of nitrogens with zero attached hydrogens (tertiary/aromatic N) is 1. The minimum absolute atomic E-state index is 0.301. The molecule has 0 radical (unpaired) electrons. The molecule has 0 unspecified atom stereocenters. The van der Waals surface area contributed by atoms with Crippen LogP contribution in [-0.2, 0) is 4.79 Å². The van der Waals surface area contributed by atoms with Gasteiger partial charge in [-0.1, -0.05) is 12.1 Å². The summed E-state index contributed by atoms with van der Waals surface area (Å²) in [5, 5.41) is 8.08. The van der Waals surface area contributed by atoms with Gasteiger partial charge in [-0.15, -0.1) is 0 Å². The van der Waals surface area contributed by atoms with Crippen molar-refractivity contribution in [1.82, 2.24) is 4.98 Å². The number of nitrogens with one attached hydrogen (secondary N) is 3. The molecular formula is C22H19FN4O2. The van der Waals surface area contributed by atoms with E-state index in [-0.39, 0.29) is 11.7 Å². The van der Waals surface area contributed by atoms with Crippen molar-refractivity contribution in [2.24, 2.45) is 0 Å². The second kappa shape index (κ2) is 9.27. The lowest BCUT2D eigenvalue weighted by molar-refractivity contribution is -0.111. The Bertz CT molecular complexity index is 1030. The van der Waals surface area contributed by atoms with Gasteiger partial charge in [-0.25, -0.2) is 9.18 Å². The smallest absolute Gasteiger partial charge is 0.322 e. The normalized spacial score (nSPS) is 10.6. The van der Waals surface area contributed by atoms with Gasteiger partial charge in [0.15, 0.2) is 0 Å². The van der Waals surface area contributed by atoms with E-state index in [1.54, 1.807) is 42.7 Å². The number of aromatic nitrogens is 1. The molecule has 1 heterocycles. The average Bonchev–Trinajstić information content (AvgIpc) is 2.71. The van der Waals surface area contributed by atoms with Crippen LogP contribution in [-0.4, -0.2) is 16.9 Å². The molecule has 3 aromatic rings. The molecule has 0 saturated heterocycles. The highest BCUT2D eigenvalue weighted by Crippen LogP contribution is 2.21. The van der Waals surface area contributed by atoms with Crippen molar-refractivity contribution in [1.29, 1.82) is 0 Å². The Hall–Kier alpha value is -4.00. The maximum absolute atomic E-state index is 12.9. The largest absolute Gasteiger partial charge is 0.323 e. The van der Waals surface area contributed by atoms with E-state index in [2.05, 4.69) is 20.9 Å². The Balaban J connectivity index is 1.63. The van der Waals surface area contributed by atoms with E-state index in [0.29, 0.717) is 17.1 Å². The first kappa shape index (κ1) is 19.8. The number of aryl methyl sites for hydroxylation is 1. The van der Waals surface area contributed by atoms with E-state index in [9.17, 15) is 14.0 Å². The highest BCUT2D eigenvalue weighted by atomic mass is 19.1. The zero-order chi connectivity index (χ0) is 20.6. The molecular weight excluding hydrogens is 371 g/mol. The summed E-state index contributed by atoms with van der Waals surface area (Å²) in [5.74, 6) is -0.683. The number of pyridine rings is 1. The molecule has 0 fully saturated rings. The summed E-state index contributed by atoms with van der Waals surface area (Å²) in [7, 11) is 0. The summed E-state index contributed by atoms with van der Waals surface area (Å²) in [6.07, 6.45) is 6.39. The van der Waals surface area contributed by atoms with E-state index in [0.717, 1.165) is 11.1 Å². The van der Waals surface area contributed by atoms with E-state index >= 15 is 0 Å². The molecule has 0 aliphatic heterocycles. The number of halogens is 1. The number of carbonyl (C=O) groups excluding carboxylic acids is 2. The second-order valence-electron chi connectivity index (χ2n) is 6.22. The van der Waals surface area contributed by atoms with Crippen LogP contribution in [0.3, 0.4) is 0 Å². The maximum Gasteiger partial charge on any atom is 0.323 e. The minimum atomic E-state index is -0.478. The van der Waals surface area contributed by atoms with Crippen LogP contribution in [0.1, 0.15) is 11.1 Å². The molecule has 0 aliphatic carbocycles. The summed E-state index contributed by atoms with van der Waals surface area (Å²) in [6, 6.07) is 13.8. The van der Waals surface area contributed by atoms with Crippen LogP contribution in [0.5, 0.6) is 0 Å². The van der Waals surface area contributed by atoms with Crippen LogP contribution in [0.25, 0.3) is 6.08 Å². The Morgan fingerprint density at radius 3 is 2.41 bits per heavy atom. The van der Waals surface area contributed by atoms with Gasteiger partial charge in [-0.2, -0.15) is 0 Å². The van der Waals surface area contributed by atoms with Gasteiger partial charge in [0.1, 0.15) is 5.82 Å². The average molecular weight is 390 g/mol. The summed E-state index contributed by atoms with van der Waals surface area (Å²) in [6.45, 7) is 1.85. The van der Waals surface area contributed by atoms with Crippen molar-refractivity contribution in [3.63, 3.8) is 0 Å². The third-order valence-electron chi connectivity index (χ3n) is 3.97. The molecule has 0 saturated carbocycles. The third kappa shape index (κ3) is 6.00. The number of carbonyl (C=O) groups is 2. The molecule has 0 spiro atoms. The highest BCUT2D eigenvalue weighted by molar-refractivity contribution is 6.03. The lowest BCUT2D eigenvalue weighted by atomic mass is 10.1. The summed E-state index contributed by atoms with van der Waals surface area (Å²) in [4.78, 5) is 28.3. The molecule has 3 amide bonds. The van der Waals surface area contributed by atoms with Gasteiger partial charge in [0.25, 0.3) is 0 Å². The fourth-order valence-electron chi connectivity index (χ4n) is 2.48. The van der Waals surface area contributed by atoms with Crippen LogP contribution in [0.4, 0.5) is 26.2 Å². The Labute approximate surface area is 167 Å². The van der Waals surface area contributed by atoms with Crippen molar-refractivity contribution >= 4 is 35.1 Å². The lowest BCUT2D eigenvalue weighted by Gasteiger charge is -2.11. The maximum atomic E-state index is 12.9. The second-order valence-corrected chi connectivity index (χ2v) is 6.22. The zero-order valence-electron chi connectivity index (χ0n) is 15.6. The SMILES string of the molecule is Cc1ccc(NC(=O)Nc2ccc(F)cc2)cc1NC(=O)C=Cc1cccnc1. The summed E-state index contributed by atoms with van der Waals surface area (Å²) >= 11 is 0. The van der Waals surface area contributed by atoms with Crippen LogP contribution in [0.2, 0.25) is 0 Å². The lowest BCUT2D eigenvalue weighted by Crippen LogP contribution is -2.19. The molecule has 0 bridgehead atoms. The van der Waals surface area contributed by atoms with Crippen molar-refractivity contribution in [2.45, 2.75) is 6.92 Å². The van der Waals surface area contributed by atoms with Crippen LogP contribution >= 0.6 is 0 Å². The third-order valence-corrected chi connectivity index (χ3v) is 3.97. The number of anilines is 3. The Morgan fingerprint density at radius 2 is 1.69 bits per heavy atom. The first-order valence-electron chi connectivity index (χ1n) is 8.83. The van der Waals surface area contributed by atoms with Gasteiger partial charge >= 0.3 is 6.03 Å². The van der Waals surface area contributed by atoms with Crippen LogP contribution in [0, 0.1) is 12.7 Å². The van der Waals surface area contributed by atoms with Crippen LogP contribution < -0.4 is 16.0 Å². The Kier molecular flexibility index (Phi) is 6.32. The number of hydrogen-bond acceptors (Lipinski definition) is 3. The minimum Gasteiger partial charge on any atom is -0.322 e. The molecule has 146 valence electrons. The monoisotopic (exact) mass is 390 g/mol. The van der Waals surface area contributed by atoms with E-state index in [1.165, 1.54) is 30.3 Å². The highest BCUT2D eigenvalue weighted by Gasteiger charge is 2.07. The topological polar surface area (TPSA) is 83.1 Å². The Morgan fingerprint density at radius 1 is 0.966 bits per heavy atom. The fraction of sp³-hybridized carbons (Fsp3) is 0.0455. The van der Waals surface area contributed by atoms with Gasteiger partial charge in [0, 0.05) is 35.5 Å².